The summed E-state index contributed by atoms with van der Waals surface area (Å²) in [6.07, 6.45) is 0. The Morgan fingerprint density at radius 3 is 2.79 bits per heavy atom. The fourth-order valence-electron chi connectivity index (χ4n) is 1.26. The van der Waals surface area contributed by atoms with E-state index in [2.05, 4.69) is 4.74 Å². The summed E-state index contributed by atoms with van der Waals surface area (Å²) < 4.78 is 42.7. The molecule has 19 heavy (non-hydrogen) atoms. The van der Waals surface area contributed by atoms with E-state index < -0.39 is 27.6 Å². The Morgan fingerprint density at radius 2 is 2.21 bits per heavy atom. The highest BCUT2D eigenvalue weighted by molar-refractivity contribution is 7.93. The Balaban J connectivity index is 2.90. The van der Waals surface area contributed by atoms with Gasteiger partial charge in [-0.3, -0.25) is 9.52 Å². The van der Waals surface area contributed by atoms with E-state index >= 15 is 0 Å². The Hall–Kier alpha value is -2.14. The third-order valence-electron chi connectivity index (χ3n) is 1.98. The topological polar surface area (TPSA) is 96.3 Å². The standard InChI is InChI=1S/C11H11FN2O4S/c1-2-18-11(15)7-19(16,17)14-10-4-3-9(12)5-8(10)6-13/h3-5,14H,2,7H2,1H3. The summed E-state index contributed by atoms with van der Waals surface area (Å²) in [7, 11) is -4.00. The van der Waals surface area contributed by atoms with Crippen molar-refractivity contribution in [2.45, 2.75) is 6.92 Å². The number of anilines is 1. The molecule has 0 bridgehead atoms. The number of halogens is 1. The van der Waals surface area contributed by atoms with Crippen LogP contribution in [0.2, 0.25) is 0 Å². The number of hydrogen-bond acceptors (Lipinski definition) is 5. The number of rotatable bonds is 5. The van der Waals surface area contributed by atoms with Crippen molar-refractivity contribution < 1.29 is 22.3 Å². The summed E-state index contributed by atoms with van der Waals surface area (Å²) in [6.45, 7) is 1.61. The molecular formula is C11H11FN2O4S. The number of nitrogens with one attached hydrogen (secondary N) is 1. The highest BCUT2D eigenvalue weighted by Crippen LogP contribution is 2.17. The molecular weight excluding hydrogens is 275 g/mol. The molecule has 0 heterocycles. The van der Waals surface area contributed by atoms with Crippen molar-refractivity contribution >= 4 is 21.7 Å². The first-order valence-corrected chi connectivity index (χ1v) is 6.89. The van der Waals surface area contributed by atoms with Gasteiger partial charge in [-0.1, -0.05) is 0 Å². The van der Waals surface area contributed by atoms with E-state index in [0.717, 1.165) is 18.2 Å². The minimum Gasteiger partial charge on any atom is -0.465 e. The molecule has 0 aliphatic heterocycles. The molecule has 1 N–H and O–H groups in total. The normalized spacial score (nSPS) is 10.6. The molecule has 0 radical (unpaired) electrons. The van der Waals surface area contributed by atoms with Gasteiger partial charge in [0.1, 0.15) is 11.9 Å². The maximum Gasteiger partial charge on any atom is 0.323 e. The van der Waals surface area contributed by atoms with Gasteiger partial charge in [-0.2, -0.15) is 5.26 Å². The van der Waals surface area contributed by atoms with Crippen molar-refractivity contribution in [2.24, 2.45) is 0 Å². The van der Waals surface area contributed by atoms with Gasteiger partial charge in [0, 0.05) is 0 Å². The molecule has 1 rings (SSSR count). The molecule has 6 nitrogen and oxygen atoms in total. The van der Waals surface area contributed by atoms with Crippen molar-refractivity contribution in [3.8, 4) is 6.07 Å². The number of carbonyl (C=O) groups is 1. The number of benzene rings is 1. The lowest BCUT2D eigenvalue weighted by atomic mass is 10.2. The third-order valence-corrected chi connectivity index (χ3v) is 3.13. The molecule has 0 amide bonds. The average Bonchev–Trinajstić information content (AvgIpc) is 2.30. The van der Waals surface area contributed by atoms with Gasteiger partial charge in [0.05, 0.1) is 17.9 Å². The van der Waals surface area contributed by atoms with Crippen LogP contribution in [-0.2, 0) is 19.6 Å². The summed E-state index contributed by atoms with van der Waals surface area (Å²) in [5.74, 6) is -2.44. The number of hydrogen-bond donors (Lipinski definition) is 1. The molecule has 0 aliphatic carbocycles. The van der Waals surface area contributed by atoms with E-state index in [0.29, 0.717) is 0 Å². The molecule has 0 unspecified atom stereocenters. The molecule has 0 saturated carbocycles. The molecule has 0 aromatic heterocycles. The highest BCUT2D eigenvalue weighted by Gasteiger charge is 2.19. The van der Waals surface area contributed by atoms with Crippen molar-refractivity contribution in [2.75, 3.05) is 17.1 Å². The van der Waals surface area contributed by atoms with Gasteiger partial charge in [-0.05, 0) is 25.1 Å². The molecule has 8 heteroatoms. The lowest BCUT2D eigenvalue weighted by Crippen LogP contribution is -2.24. The second-order valence-corrected chi connectivity index (χ2v) is 5.19. The maximum atomic E-state index is 12.9. The summed E-state index contributed by atoms with van der Waals surface area (Å²) in [5.41, 5.74) is -0.263. The summed E-state index contributed by atoms with van der Waals surface area (Å²) in [4.78, 5) is 11.1. The smallest absolute Gasteiger partial charge is 0.323 e. The number of nitrogens with zero attached hydrogens (tertiary/aromatic N) is 1. The van der Waals surface area contributed by atoms with Crippen LogP contribution in [-0.4, -0.2) is 26.7 Å². The molecule has 0 aliphatic rings. The van der Waals surface area contributed by atoms with Crippen LogP contribution in [0.5, 0.6) is 0 Å². The van der Waals surface area contributed by atoms with Crippen LogP contribution in [0, 0.1) is 17.1 Å². The fourth-order valence-corrected chi connectivity index (χ4v) is 2.24. The summed E-state index contributed by atoms with van der Waals surface area (Å²) >= 11 is 0. The number of nitriles is 1. The van der Waals surface area contributed by atoms with E-state index in [4.69, 9.17) is 5.26 Å². The van der Waals surface area contributed by atoms with Gasteiger partial charge < -0.3 is 4.74 Å². The van der Waals surface area contributed by atoms with E-state index in [-0.39, 0.29) is 17.9 Å². The van der Waals surface area contributed by atoms with Crippen molar-refractivity contribution in [3.05, 3.63) is 29.6 Å². The molecule has 1 aromatic rings. The van der Waals surface area contributed by atoms with Crippen molar-refractivity contribution in [3.63, 3.8) is 0 Å². The highest BCUT2D eigenvalue weighted by atomic mass is 32.2. The zero-order valence-corrected chi connectivity index (χ0v) is 10.8. The number of ether oxygens (including phenoxy) is 1. The van der Waals surface area contributed by atoms with Crippen molar-refractivity contribution in [1.29, 1.82) is 5.26 Å². The van der Waals surface area contributed by atoms with E-state index in [1.54, 1.807) is 13.0 Å². The zero-order valence-electron chi connectivity index (χ0n) is 10.0. The SMILES string of the molecule is CCOC(=O)CS(=O)(=O)Nc1ccc(F)cc1C#N. The van der Waals surface area contributed by atoms with Crippen molar-refractivity contribution in [1.82, 2.24) is 0 Å². The minimum atomic E-state index is -4.00. The van der Waals surface area contributed by atoms with Crippen LogP contribution in [0.4, 0.5) is 10.1 Å². The second kappa shape index (κ2) is 6.15. The number of esters is 1. The Labute approximate surface area is 109 Å². The van der Waals surface area contributed by atoms with Crippen LogP contribution in [0.25, 0.3) is 0 Å². The molecule has 0 atom stereocenters. The summed E-state index contributed by atoms with van der Waals surface area (Å²) in [6, 6.07) is 4.66. The first-order chi connectivity index (χ1) is 8.88. The Kier molecular flexibility index (Phi) is 4.83. The Morgan fingerprint density at radius 1 is 1.53 bits per heavy atom. The van der Waals surface area contributed by atoms with Crippen LogP contribution in [0.3, 0.4) is 0 Å². The zero-order chi connectivity index (χ0) is 14.5. The molecule has 102 valence electrons. The van der Waals surface area contributed by atoms with E-state index in [9.17, 15) is 17.6 Å². The first kappa shape index (κ1) is 14.9. The Bertz CT molecular complexity index is 622. The fraction of sp³-hybridized carbons (Fsp3) is 0.273. The van der Waals surface area contributed by atoms with Gasteiger partial charge in [0.2, 0.25) is 10.0 Å². The van der Waals surface area contributed by atoms with Crippen LogP contribution in [0.1, 0.15) is 12.5 Å². The van der Waals surface area contributed by atoms with E-state index in [1.165, 1.54) is 0 Å². The molecule has 0 spiro atoms. The molecule has 0 fully saturated rings. The van der Waals surface area contributed by atoms with Gasteiger partial charge in [0.25, 0.3) is 0 Å². The van der Waals surface area contributed by atoms with Gasteiger partial charge in [-0.15, -0.1) is 0 Å². The monoisotopic (exact) mass is 286 g/mol. The van der Waals surface area contributed by atoms with Crippen LogP contribution in [0.15, 0.2) is 18.2 Å². The number of carbonyl (C=O) groups excluding carboxylic acids is 1. The third kappa shape index (κ3) is 4.56. The quantitative estimate of drug-likeness (QED) is 0.815. The largest absolute Gasteiger partial charge is 0.465 e. The molecule has 0 saturated heterocycles. The predicted molar refractivity (Wildman–Crippen MR) is 65.2 cm³/mol. The lowest BCUT2D eigenvalue weighted by Gasteiger charge is -2.08. The van der Waals surface area contributed by atoms with E-state index in [1.807, 2.05) is 4.72 Å². The average molecular weight is 286 g/mol. The molecule has 1 aromatic carbocycles. The number of sulfonamides is 1. The second-order valence-electron chi connectivity index (χ2n) is 3.47. The predicted octanol–water partition coefficient (Wildman–Crippen LogP) is 1.00. The summed E-state index contributed by atoms with van der Waals surface area (Å²) in [5, 5.41) is 8.76. The van der Waals surface area contributed by atoms with Crippen LogP contribution < -0.4 is 4.72 Å². The van der Waals surface area contributed by atoms with Gasteiger partial charge in [-0.25, -0.2) is 12.8 Å². The maximum absolute atomic E-state index is 12.9. The van der Waals surface area contributed by atoms with Crippen LogP contribution >= 0.6 is 0 Å². The lowest BCUT2D eigenvalue weighted by molar-refractivity contribution is -0.139. The first-order valence-electron chi connectivity index (χ1n) is 5.23. The van der Waals surface area contributed by atoms with Gasteiger partial charge in [0.15, 0.2) is 5.75 Å². The van der Waals surface area contributed by atoms with Gasteiger partial charge >= 0.3 is 5.97 Å². The minimum absolute atomic E-state index is 0.0638.